The Labute approximate surface area is 146 Å². The minimum Gasteiger partial charge on any atom is -0.348 e. The van der Waals surface area contributed by atoms with Gasteiger partial charge < -0.3 is 4.90 Å². The Morgan fingerprint density at radius 2 is 1.72 bits per heavy atom. The van der Waals surface area contributed by atoms with E-state index in [4.69, 9.17) is 23.2 Å². The summed E-state index contributed by atoms with van der Waals surface area (Å²) in [6.45, 7) is -0.851. The average molecular weight is 415 g/mol. The molecular formula is C13H8Cl2F8N2. The zero-order chi connectivity index (χ0) is 19.3. The van der Waals surface area contributed by atoms with Crippen molar-refractivity contribution in [3.8, 4) is 0 Å². The molecule has 0 N–H and O–H groups in total. The van der Waals surface area contributed by atoms with Crippen molar-refractivity contribution in [2.75, 3.05) is 6.67 Å². The van der Waals surface area contributed by atoms with Crippen molar-refractivity contribution in [1.82, 2.24) is 4.90 Å². The zero-order valence-electron chi connectivity index (χ0n) is 11.8. The summed E-state index contributed by atoms with van der Waals surface area (Å²) in [7, 11) is 0. The molecule has 2 nitrogen and oxygen atoms in total. The first kappa shape index (κ1) is 20.0. The molecule has 140 valence electrons. The minimum atomic E-state index is -6.01. The van der Waals surface area contributed by atoms with Gasteiger partial charge in [-0.1, -0.05) is 23.8 Å². The monoisotopic (exact) mass is 414 g/mol. The molecule has 25 heavy (non-hydrogen) atoms. The molecule has 0 saturated carbocycles. The summed E-state index contributed by atoms with van der Waals surface area (Å²) in [5.74, 6) is -5.42. The predicted molar refractivity (Wildman–Crippen MR) is 75.8 cm³/mol. The fourth-order valence-electron chi connectivity index (χ4n) is 2.33. The van der Waals surface area contributed by atoms with Crippen LogP contribution >= 0.6 is 23.2 Å². The summed E-state index contributed by atoms with van der Waals surface area (Å²) in [6.07, 6.45) is -7.42. The van der Waals surface area contributed by atoms with Gasteiger partial charge in [0.2, 0.25) is 0 Å². The topological polar surface area (TPSA) is 15.6 Å². The molecule has 0 bridgehead atoms. The van der Waals surface area contributed by atoms with Gasteiger partial charge >= 0.3 is 18.3 Å². The van der Waals surface area contributed by atoms with E-state index in [-0.39, 0.29) is 0 Å². The van der Waals surface area contributed by atoms with Crippen LogP contribution in [0.3, 0.4) is 0 Å². The van der Waals surface area contributed by atoms with Gasteiger partial charge in [0.25, 0.3) is 0 Å². The maximum absolute atomic E-state index is 14.0. The quantitative estimate of drug-likeness (QED) is 0.457. The van der Waals surface area contributed by atoms with Crippen molar-refractivity contribution >= 4 is 28.9 Å². The van der Waals surface area contributed by atoms with Gasteiger partial charge in [0.15, 0.2) is 4.87 Å². The lowest BCUT2D eigenvalue weighted by molar-refractivity contribution is -0.294. The van der Waals surface area contributed by atoms with E-state index in [1.54, 1.807) is 0 Å². The van der Waals surface area contributed by atoms with E-state index in [1.165, 1.54) is 0 Å². The molecule has 1 heterocycles. The Balaban J connectivity index is 2.42. The smallest absolute Gasteiger partial charge is 0.348 e. The standard InChI is InChI=1S/C13H8Cl2F8N2/c14-7-2-1-4-10(15,12(19,20)13(21,22)23)9(7)25-5-3-8(24-6-25)11(16,17)18/h1-5,9H,6H2. The van der Waals surface area contributed by atoms with Crippen LogP contribution in [0.1, 0.15) is 0 Å². The maximum Gasteiger partial charge on any atom is 0.455 e. The molecule has 2 aliphatic rings. The number of nitrogens with zero attached hydrogens (tertiary/aromatic N) is 2. The van der Waals surface area contributed by atoms with Crippen molar-refractivity contribution in [2.45, 2.75) is 29.2 Å². The Morgan fingerprint density at radius 3 is 2.16 bits per heavy atom. The van der Waals surface area contributed by atoms with Gasteiger partial charge in [0.05, 0.1) is 6.04 Å². The van der Waals surface area contributed by atoms with Crippen LogP contribution in [-0.2, 0) is 0 Å². The molecular weight excluding hydrogens is 407 g/mol. The second-order valence-electron chi connectivity index (χ2n) is 5.17. The molecule has 1 aliphatic carbocycles. The average Bonchev–Trinajstić information content (AvgIpc) is 2.45. The molecule has 12 heteroatoms. The summed E-state index contributed by atoms with van der Waals surface area (Å²) >= 11 is 11.4. The molecule has 2 rings (SSSR count). The highest BCUT2D eigenvalue weighted by Crippen LogP contribution is 2.53. The van der Waals surface area contributed by atoms with E-state index in [2.05, 4.69) is 4.99 Å². The fraction of sp³-hybridized carbons (Fsp3) is 0.462. The van der Waals surface area contributed by atoms with Crippen molar-refractivity contribution in [2.24, 2.45) is 4.99 Å². The molecule has 0 aromatic carbocycles. The lowest BCUT2D eigenvalue weighted by Crippen LogP contribution is -2.63. The minimum absolute atomic E-state index is 0.412. The van der Waals surface area contributed by atoms with E-state index in [0.717, 1.165) is 12.2 Å². The number of rotatable bonds is 2. The highest BCUT2D eigenvalue weighted by molar-refractivity contribution is 6.34. The highest BCUT2D eigenvalue weighted by Gasteiger charge is 2.72. The Morgan fingerprint density at radius 1 is 1.12 bits per heavy atom. The first-order valence-electron chi connectivity index (χ1n) is 6.46. The summed E-state index contributed by atoms with van der Waals surface area (Å²) in [4.78, 5) is 0.454. The van der Waals surface area contributed by atoms with Crippen molar-refractivity contribution in [1.29, 1.82) is 0 Å². The van der Waals surface area contributed by atoms with Crippen LogP contribution < -0.4 is 0 Å². The molecule has 1 aliphatic heterocycles. The van der Waals surface area contributed by atoms with E-state index >= 15 is 0 Å². The number of aliphatic imine (C=N–C) groups is 1. The van der Waals surface area contributed by atoms with Crippen LogP contribution in [0.4, 0.5) is 35.1 Å². The molecule has 0 spiro atoms. The summed E-state index contributed by atoms with van der Waals surface area (Å²) in [5.41, 5.74) is -1.31. The normalized spacial score (nSPS) is 28.1. The fourth-order valence-corrected chi connectivity index (χ4v) is 3.18. The van der Waals surface area contributed by atoms with E-state index in [1.807, 2.05) is 0 Å². The first-order chi connectivity index (χ1) is 11.2. The van der Waals surface area contributed by atoms with Gasteiger partial charge in [-0.15, -0.1) is 11.6 Å². The Kier molecular flexibility index (Phi) is 4.93. The van der Waals surface area contributed by atoms with Crippen LogP contribution in [-0.4, -0.2) is 46.5 Å². The highest BCUT2D eigenvalue weighted by atomic mass is 35.5. The summed E-state index contributed by atoms with van der Waals surface area (Å²) in [5, 5.41) is -0.503. The lowest BCUT2D eigenvalue weighted by Gasteiger charge is -2.45. The maximum atomic E-state index is 14.0. The molecule has 0 aromatic heterocycles. The molecule has 0 amide bonds. The Bertz CT molecular complexity index is 662. The predicted octanol–water partition coefficient (Wildman–Crippen LogP) is 5.01. The third-order valence-electron chi connectivity index (χ3n) is 3.54. The SMILES string of the molecule is FC(F)(F)C1=NCN(C2C(Cl)=CC=CC2(Cl)C(F)(F)C(F)(F)F)C=C1. The number of hydrogen-bond acceptors (Lipinski definition) is 2. The van der Waals surface area contributed by atoms with Crippen molar-refractivity contribution in [3.05, 3.63) is 35.5 Å². The van der Waals surface area contributed by atoms with Gasteiger partial charge in [-0.3, -0.25) is 4.99 Å². The molecule has 2 atom stereocenters. The van der Waals surface area contributed by atoms with Crippen LogP contribution in [0, 0.1) is 0 Å². The van der Waals surface area contributed by atoms with Gasteiger partial charge in [-0.25, -0.2) is 0 Å². The first-order valence-corrected chi connectivity index (χ1v) is 7.21. The van der Waals surface area contributed by atoms with E-state index in [9.17, 15) is 35.1 Å². The van der Waals surface area contributed by atoms with Crippen LogP contribution in [0.5, 0.6) is 0 Å². The molecule has 0 radical (unpaired) electrons. The van der Waals surface area contributed by atoms with Gasteiger partial charge in [-0.05, 0) is 12.2 Å². The molecule has 2 unspecified atom stereocenters. The Hall–Kier alpha value is -1.29. The second-order valence-corrected chi connectivity index (χ2v) is 6.23. The summed E-state index contributed by atoms with van der Waals surface area (Å²) < 4.78 is 104. The number of allylic oxidation sites excluding steroid dienone is 3. The van der Waals surface area contributed by atoms with E-state index < -0.39 is 46.6 Å². The second kappa shape index (κ2) is 6.15. The molecule has 0 saturated heterocycles. The van der Waals surface area contributed by atoms with Crippen LogP contribution in [0.2, 0.25) is 0 Å². The number of halogens is 10. The van der Waals surface area contributed by atoms with Crippen molar-refractivity contribution in [3.63, 3.8) is 0 Å². The van der Waals surface area contributed by atoms with E-state index in [0.29, 0.717) is 23.3 Å². The van der Waals surface area contributed by atoms with Gasteiger partial charge in [0, 0.05) is 11.2 Å². The molecule has 0 aromatic rings. The largest absolute Gasteiger partial charge is 0.455 e. The van der Waals surface area contributed by atoms with Gasteiger partial charge in [-0.2, -0.15) is 35.1 Å². The third-order valence-corrected chi connectivity index (χ3v) is 4.44. The lowest BCUT2D eigenvalue weighted by atomic mass is 9.86. The molecule has 0 fully saturated rings. The third kappa shape index (κ3) is 3.38. The van der Waals surface area contributed by atoms with Crippen LogP contribution in [0.15, 0.2) is 40.5 Å². The van der Waals surface area contributed by atoms with Crippen molar-refractivity contribution < 1.29 is 35.1 Å². The zero-order valence-corrected chi connectivity index (χ0v) is 13.4. The van der Waals surface area contributed by atoms with Gasteiger partial charge in [0.1, 0.15) is 12.4 Å². The number of alkyl halides is 9. The summed E-state index contributed by atoms with van der Waals surface area (Å²) in [6, 6.07) is -1.98. The number of hydrogen-bond donors (Lipinski definition) is 0. The van der Waals surface area contributed by atoms with Crippen LogP contribution in [0.25, 0.3) is 0 Å².